The summed E-state index contributed by atoms with van der Waals surface area (Å²) in [6, 6.07) is 16.2. The fraction of sp³-hybridized carbons (Fsp3) is 0.440. The van der Waals surface area contributed by atoms with Gasteiger partial charge in [-0.1, -0.05) is 36.4 Å². The molecule has 4 rings (SSSR count). The van der Waals surface area contributed by atoms with Crippen molar-refractivity contribution in [3.05, 3.63) is 65.2 Å². The third-order valence-corrected chi connectivity index (χ3v) is 6.33. The van der Waals surface area contributed by atoms with Crippen LogP contribution in [0.2, 0.25) is 0 Å². The van der Waals surface area contributed by atoms with Gasteiger partial charge in [-0.25, -0.2) is 0 Å². The summed E-state index contributed by atoms with van der Waals surface area (Å²) in [5.74, 6) is 1.01. The average Bonchev–Trinajstić information content (AvgIpc) is 3.24. The molecule has 158 valence electrons. The van der Waals surface area contributed by atoms with Crippen molar-refractivity contribution < 1.29 is 14.3 Å². The predicted molar refractivity (Wildman–Crippen MR) is 116 cm³/mol. The Morgan fingerprint density at radius 2 is 1.80 bits per heavy atom. The lowest BCUT2D eigenvalue weighted by atomic mass is 9.90. The molecule has 0 N–H and O–H groups in total. The average molecular weight is 407 g/mol. The standard InChI is InChI=1S/C25H30N2O3/c1-3-30-21-12-10-20(11-13-21)23-9-6-15-27(23)25(29)17-24-22-8-5-4-7-19(22)14-16-26(24)18(2)28/h4-5,7-8,10-13,23-24H,3,6,9,14-17H2,1-2H3. The van der Waals surface area contributed by atoms with Crippen LogP contribution in [0.1, 0.15) is 61.9 Å². The molecule has 1 saturated heterocycles. The second-order valence-corrected chi connectivity index (χ2v) is 8.13. The lowest BCUT2D eigenvalue weighted by Gasteiger charge is -2.38. The van der Waals surface area contributed by atoms with Gasteiger partial charge in [0.25, 0.3) is 0 Å². The Bertz CT molecular complexity index is 909. The first kappa shape index (κ1) is 20.5. The highest BCUT2D eigenvalue weighted by Gasteiger charge is 2.35. The summed E-state index contributed by atoms with van der Waals surface area (Å²) in [7, 11) is 0. The van der Waals surface area contributed by atoms with E-state index >= 15 is 0 Å². The number of nitrogens with zero attached hydrogens (tertiary/aromatic N) is 2. The van der Waals surface area contributed by atoms with Gasteiger partial charge in [-0.2, -0.15) is 0 Å². The molecule has 30 heavy (non-hydrogen) atoms. The fourth-order valence-corrected chi connectivity index (χ4v) is 4.90. The Morgan fingerprint density at radius 1 is 1.03 bits per heavy atom. The molecule has 0 aliphatic carbocycles. The van der Waals surface area contributed by atoms with E-state index in [4.69, 9.17) is 4.74 Å². The van der Waals surface area contributed by atoms with E-state index in [1.165, 1.54) is 5.56 Å². The summed E-state index contributed by atoms with van der Waals surface area (Å²) in [5.41, 5.74) is 3.51. The van der Waals surface area contributed by atoms with Gasteiger partial charge in [0.1, 0.15) is 5.75 Å². The topological polar surface area (TPSA) is 49.9 Å². The smallest absolute Gasteiger partial charge is 0.225 e. The molecule has 2 aromatic rings. The van der Waals surface area contributed by atoms with E-state index in [0.717, 1.165) is 42.7 Å². The number of likely N-dealkylation sites (tertiary alicyclic amines) is 1. The highest BCUT2D eigenvalue weighted by molar-refractivity contribution is 5.80. The fourth-order valence-electron chi connectivity index (χ4n) is 4.90. The van der Waals surface area contributed by atoms with E-state index in [1.54, 1.807) is 6.92 Å². The molecular weight excluding hydrogens is 376 g/mol. The molecular formula is C25H30N2O3. The van der Waals surface area contributed by atoms with E-state index in [1.807, 2.05) is 41.0 Å². The van der Waals surface area contributed by atoms with E-state index < -0.39 is 0 Å². The maximum absolute atomic E-state index is 13.4. The van der Waals surface area contributed by atoms with Gasteiger partial charge in [0, 0.05) is 20.0 Å². The van der Waals surface area contributed by atoms with Crippen molar-refractivity contribution in [1.29, 1.82) is 0 Å². The molecule has 2 heterocycles. The van der Waals surface area contributed by atoms with Crippen LogP contribution in [0.15, 0.2) is 48.5 Å². The van der Waals surface area contributed by atoms with Crippen molar-refractivity contribution in [2.45, 2.75) is 51.6 Å². The lowest BCUT2D eigenvalue weighted by Crippen LogP contribution is -2.42. The summed E-state index contributed by atoms with van der Waals surface area (Å²) in [4.78, 5) is 29.6. The van der Waals surface area contributed by atoms with Crippen molar-refractivity contribution in [3.63, 3.8) is 0 Å². The molecule has 2 amide bonds. The quantitative estimate of drug-likeness (QED) is 0.744. The van der Waals surface area contributed by atoms with Crippen LogP contribution in [0, 0.1) is 0 Å². The molecule has 2 atom stereocenters. The Morgan fingerprint density at radius 3 is 2.53 bits per heavy atom. The zero-order valence-corrected chi connectivity index (χ0v) is 17.8. The van der Waals surface area contributed by atoms with Gasteiger partial charge < -0.3 is 14.5 Å². The Balaban J connectivity index is 1.54. The minimum Gasteiger partial charge on any atom is -0.494 e. The van der Waals surface area contributed by atoms with Crippen LogP contribution >= 0.6 is 0 Å². The molecule has 0 saturated carbocycles. The first-order chi connectivity index (χ1) is 14.6. The summed E-state index contributed by atoms with van der Waals surface area (Å²) in [6.07, 6.45) is 3.15. The summed E-state index contributed by atoms with van der Waals surface area (Å²) in [5, 5.41) is 0. The number of rotatable bonds is 5. The second-order valence-electron chi connectivity index (χ2n) is 8.13. The molecule has 2 unspecified atom stereocenters. The summed E-state index contributed by atoms with van der Waals surface area (Å²) in [6.45, 7) is 5.66. The van der Waals surface area contributed by atoms with Gasteiger partial charge in [-0.05, 0) is 55.0 Å². The van der Waals surface area contributed by atoms with E-state index in [-0.39, 0.29) is 23.9 Å². The molecule has 2 aliphatic heterocycles. The first-order valence-electron chi connectivity index (χ1n) is 11.0. The van der Waals surface area contributed by atoms with Crippen LogP contribution in [-0.2, 0) is 16.0 Å². The molecule has 5 heteroatoms. The number of ether oxygens (including phenoxy) is 1. The Kier molecular flexibility index (Phi) is 6.07. The molecule has 2 aromatic carbocycles. The normalized spacial score (nSPS) is 20.7. The lowest BCUT2D eigenvalue weighted by molar-refractivity contribution is -0.137. The highest BCUT2D eigenvalue weighted by atomic mass is 16.5. The first-order valence-corrected chi connectivity index (χ1v) is 11.0. The number of fused-ring (bicyclic) bond motifs is 1. The molecule has 2 aliphatic rings. The van der Waals surface area contributed by atoms with Crippen molar-refractivity contribution >= 4 is 11.8 Å². The largest absolute Gasteiger partial charge is 0.494 e. The zero-order valence-electron chi connectivity index (χ0n) is 17.8. The number of carbonyl (C=O) groups excluding carboxylic acids is 2. The number of amides is 2. The molecule has 1 fully saturated rings. The van der Waals surface area contributed by atoms with Gasteiger partial charge >= 0.3 is 0 Å². The SMILES string of the molecule is CCOc1ccc(C2CCCN2C(=O)CC2c3ccccc3CCN2C(C)=O)cc1. The van der Waals surface area contributed by atoms with Crippen LogP contribution < -0.4 is 4.74 Å². The summed E-state index contributed by atoms with van der Waals surface area (Å²) >= 11 is 0. The number of benzene rings is 2. The van der Waals surface area contributed by atoms with E-state index in [9.17, 15) is 9.59 Å². The van der Waals surface area contributed by atoms with Crippen molar-refractivity contribution in [3.8, 4) is 5.75 Å². The van der Waals surface area contributed by atoms with Gasteiger partial charge in [0.15, 0.2) is 0 Å². The third-order valence-electron chi connectivity index (χ3n) is 6.33. The highest BCUT2D eigenvalue weighted by Crippen LogP contribution is 2.37. The van der Waals surface area contributed by atoms with E-state index in [2.05, 4.69) is 24.3 Å². The van der Waals surface area contributed by atoms with Gasteiger partial charge in [0.2, 0.25) is 11.8 Å². The van der Waals surface area contributed by atoms with Crippen molar-refractivity contribution in [2.24, 2.45) is 0 Å². The third kappa shape index (κ3) is 4.07. The number of hydrogen-bond acceptors (Lipinski definition) is 3. The van der Waals surface area contributed by atoms with Crippen molar-refractivity contribution in [2.75, 3.05) is 19.7 Å². The van der Waals surface area contributed by atoms with Crippen LogP contribution in [-0.4, -0.2) is 41.3 Å². The van der Waals surface area contributed by atoms with Crippen LogP contribution in [0.5, 0.6) is 5.75 Å². The monoisotopic (exact) mass is 406 g/mol. The summed E-state index contributed by atoms with van der Waals surface area (Å²) < 4.78 is 5.55. The number of hydrogen-bond donors (Lipinski definition) is 0. The maximum atomic E-state index is 13.4. The number of carbonyl (C=O) groups is 2. The van der Waals surface area contributed by atoms with Gasteiger partial charge in [0.05, 0.1) is 25.1 Å². The zero-order chi connectivity index (χ0) is 21.1. The minimum atomic E-state index is -0.179. The molecule has 0 radical (unpaired) electrons. The molecule has 0 aromatic heterocycles. The molecule has 0 spiro atoms. The second kappa shape index (κ2) is 8.90. The van der Waals surface area contributed by atoms with Crippen LogP contribution in [0.4, 0.5) is 0 Å². The maximum Gasteiger partial charge on any atom is 0.225 e. The van der Waals surface area contributed by atoms with E-state index in [0.29, 0.717) is 19.6 Å². The molecule has 0 bridgehead atoms. The van der Waals surface area contributed by atoms with Gasteiger partial charge in [-0.15, -0.1) is 0 Å². The minimum absolute atomic E-state index is 0.0341. The van der Waals surface area contributed by atoms with Crippen molar-refractivity contribution in [1.82, 2.24) is 9.80 Å². The Labute approximate surface area is 178 Å². The van der Waals surface area contributed by atoms with Crippen LogP contribution in [0.3, 0.4) is 0 Å². The van der Waals surface area contributed by atoms with Crippen LogP contribution in [0.25, 0.3) is 0 Å². The predicted octanol–water partition coefficient (Wildman–Crippen LogP) is 4.28. The Hall–Kier alpha value is -2.82. The van der Waals surface area contributed by atoms with Gasteiger partial charge in [-0.3, -0.25) is 9.59 Å². The molecule has 5 nitrogen and oxygen atoms in total.